The SMILES string of the molecule is Cc1ccc(NC(=O)CCCCCN2C(=O)/C(=C/c3ccc(C(C)(C)C)cc3)SC2=S)cc1. The molecule has 0 radical (unpaired) electrons. The van der Waals surface area contributed by atoms with Crippen LogP contribution in [0, 0.1) is 6.92 Å². The van der Waals surface area contributed by atoms with Crippen LogP contribution in [-0.4, -0.2) is 27.6 Å². The normalized spacial score (nSPS) is 15.4. The lowest BCUT2D eigenvalue weighted by molar-refractivity contribution is -0.122. The molecule has 1 aliphatic heterocycles. The number of hydrogen-bond acceptors (Lipinski definition) is 4. The van der Waals surface area contributed by atoms with Crippen LogP contribution in [0.5, 0.6) is 0 Å². The zero-order valence-corrected chi connectivity index (χ0v) is 21.4. The fourth-order valence-corrected chi connectivity index (χ4v) is 4.82. The van der Waals surface area contributed by atoms with E-state index >= 15 is 0 Å². The van der Waals surface area contributed by atoms with E-state index in [0.717, 1.165) is 36.1 Å². The summed E-state index contributed by atoms with van der Waals surface area (Å²) in [6.07, 6.45) is 4.85. The molecule has 4 nitrogen and oxygen atoms in total. The third-order valence-corrected chi connectivity index (χ3v) is 6.95. The highest BCUT2D eigenvalue weighted by molar-refractivity contribution is 8.26. The van der Waals surface area contributed by atoms with Crippen molar-refractivity contribution in [3.63, 3.8) is 0 Å². The Morgan fingerprint density at radius 1 is 1.03 bits per heavy atom. The lowest BCUT2D eigenvalue weighted by Gasteiger charge is -2.18. The van der Waals surface area contributed by atoms with E-state index < -0.39 is 0 Å². The third kappa shape index (κ3) is 7.27. The number of carbonyl (C=O) groups is 2. The van der Waals surface area contributed by atoms with Gasteiger partial charge in [0.15, 0.2) is 0 Å². The summed E-state index contributed by atoms with van der Waals surface area (Å²) in [6, 6.07) is 16.1. The van der Waals surface area contributed by atoms with E-state index in [9.17, 15) is 9.59 Å². The van der Waals surface area contributed by atoms with Gasteiger partial charge in [0.05, 0.1) is 4.91 Å². The number of rotatable bonds is 8. The molecule has 0 unspecified atom stereocenters. The number of unbranched alkanes of at least 4 members (excludes halogenated alkanes) is 2. The molecule has 2 aromatic carbocycles. The maximum atomic E-state index is 12.8. The highest BCUT2D eigenvalue weighted by atomic mass is 32.2. The van der Waals surface area contributed by atoms with Crippen LogP contribution < -0.4 is 5.32 Å². The Hall–Kier alpha value is -2.44. The van der Waals surface area contributed by atoms with Gasteiger partial charge < -0.3 is 5.32 Å². The maximum Gasteiger partial charge on any atom is 0.266 e. The summed E-state index contributed by atoms with van der Waals surface area (Å²) in [5.74, 6) is -0.00751. The van der Waals surface area contributed by atoms with Crippen LogP contribution in [0.2, 0.25) is 0 Å². The Kier molecular flexibility index (Phi) is 8.49. The Morgan fingerprint density at radius 3 is 2.33 bits per heavy atom. The standard InChI is InChI=1S/C27H32N2O2S2/c1-19-9-15-22(16-10-19)28-24(30)8-6-5-7-17-29-25(31)23(33-26(29)32)18-20-11-13-21(14-12-20)27(2,3)4/h9-16,18H,5-8,17H2,1-4H3,(H,28,30)/b23-18-. The third-order valence-electron chi connectivity index (χ3n) is 5.57. The molecule has 6 heteroatoms. The molecule has 1 aliphatic rings. The molecule has 3 rings (SSSR count). The van der Waals surface area contributed by atoms with Crippen LogP contribution in [0.4, 0.5) is 5.69 Å². The van der Waals surface area contributed by atoms with Crippen molar-refractivity contribution in [1.82, 2.24) is 4.90 Å². The van der Waals surface area contributed by atoms with Crippen LogP contribution in [0.1, 0.15) is 63.1 Å². The Bertz CT molecular complexity index is 1040. The van der Waals surface area contributed by atoms with Crippen molar-refractivity contribution in [1.29, 1.82) is 0 Å². The fourth-order valence-electron chi connectivity index (χ4n) is 3.52. The van der Waals surface area contributed by atoms with Gasteiger partial charge in [0.25, 0.3) is 5.91 Å². The van der Waals surface area contributed by atoms with Gasteiger partial charge in [0.2, 0.25) is 5.91 Å². The number of nitrogens with zero attached hydrogens (tertiary/aromatic N) is 1. The van der Waals surface area contributed by atoms with E-state index in [2.05, 4.69) is 50.4 Å². The first kappa shape index (κ1) is 25.2. The molecule has 1 N–H and O–H groups in total. The number of aryl methyl sites for hydroxylation is 1. The van der Waals surface area contributed by atoms with Crippen molar-refractivity contribution in [3.8, 4) is 0 Å². The van der Waals surface area contributed by atoms with Gasteiger partial charge in [-0.15, -0.1) is 0 Å². The molecule has 174 valence electrons. The molecule has 2 amide bonds. The zero-order chi connectivity index (χ0) is 24.0. The number of hydrogen-bond donors (Lipinski definition) is 1. The number of thioether (sulfide) groups is 1. The van der Waals surface area contributed by atoms with E-state index in [1.54, 1.807) is 4.90 Å². The van der Waals surface area contributed by atoms with Crippen LogP contribution in [0.15, 0.2) is 53.4 Å². The molecule has 0 aliphatic carbocycles. The minimum Gasteiger partial charge on any atom is -0.326 e. The first-order valence-corrected chi connectivity index (χ1v) is 12.6. The summed E-state index contributed by atoms with van der Waals surface area (Å²) in [7, 11) is 0. The quantitative estimate of drug-likeness (QED) is 0.260. The van der Waals surface area contributed by atoms with Gasteiger partial charge in [-0.1, -0.05) is 93.1 Å². The van der Waals surface area contributed by atoms with Gasteiger partial charge in [-0.25, -0.2) is 0 Å². The van der Waals surface area contributed by atoms with Crippen LogP contribution >= 0.6 is 24.0 Å². The number of carbonyl (C=O) groups excluding carboxylic acids is 2. The molecule has 0 saturated carbocycles. The van der Waals surface area contributed by atoms with Crippen molar-refractivity contribution in [3.05, 3.63) is 70.1 Å². The molecule has 1 heterocycles. The topological polar surface area (TPSA) is 49.4 Å². The average molecular weight is 481 g/mol. The van der Waals surface area contributed by atoms with Gasteiger partial charge in [0, 0.05) is 18.7 Å². The Balaban J connectivity index is 1.44. The van der Waals surface area contributed by atoms with Crippen molar-refractivity contribution in [2.45, 2.75) is 58.8 Å². The number of amides is 2. The zero-order valence-electron chi connectivity index (χ0n) is 19.8. The lowest BCUT2D eigenvalue weighted by atomic mass is 9.87. The minimum absolute atomic E-state index is 0.0184. The molecule has 1 fully saturated rings. The van der Waals surface area contributed by atoms with Crippen LogP contribution in [0.3, 0.4) is 0 Å². The summed E-state index contributed by atoms with van der Waals surface area (Å²) in [6.45, 7) is 9.16. The summed E-state index contributed by atoms with van der Waals surface area (Å²) in [5.41, 5.74) is 4.35. The first-order valence-electron chi connectivity index (χ1n) is 11.4. The second-order valence-corrected chi connectivity index (χ2v) is 11.1. The smallest absolute Gasteiger partial charge is 0.266 e. The summed E-state index contributed by atoms with van der Waals surface area (Å²) < 4.78 is 0.606. The Labute approximate surface area is 206 Å². The van der Waals surface area contributed by atoms with Gasteiger partial charge >= 0.3 is 0 Å². The number of anilines is 1. The molecule has 1 saturated heterocycles. The number of benzene rings is 2. The second kappa shape index (κ2) is 11.1. The second-order valence-electron chi connectivity index (χ2n) is 9.43. The van der Waals surface area contributed by atoms with E-state index in [0.29, 0.717) is 22.2 Å². The molecule has 2 aromatic rings. The highest BCUT2D eigenvalue weighted by Crippen LogP contribution is 2.33. The predicted molar refractivity (Wildman–Crippen MR) is 143 cm³/mol. The number of nitrogens with one attached hydrogen (secondary N) is 1. The molecule has 0 atom stereocenters. The van der Waals surface area contributed by atoms with E-state index in [1.807, 2.05) is 37.3 Å². The monoisotopic (exact) mass is 480 g/mol. The summed E-state index contributed by atoms with van der Waals surface area (Å²) >= 11 is 6.81. The first-order chi connectivity index (χ1) is 15.6. The molecule has 0 bridgehead atoms. The molecule has 0 spiro atoms. The van der Waals surface area contributed by atoms with E-state index in [1.165, 1.54) is 17.3 Å². The molecule has 0 aromatic heterocycles. The predicted octanol–water partition coefficient (Wildman–Crippen LogP) is 6.69. The van der Waals surface area contributed by atoms with E-state index in [-0.39, 0.29) is 17.2 Å². The largest absolute Gasteiger partial charge is 0.326 e. The maximum absolute atomic E-state index is 12.8. The van der Waals surface area contributed by atoms with Gasteiger partial charge in [0.1, 0.15) is 4.32 Å². The molecular weight excluding hydrogens is 448 g/mol. The Morgan fingerprint density at radius 2 is 1.70 bits per heavy atom. The van der Waals surface area contributed by atoms with Gasteiger partial charge in [-0.05, 0) is 54.5 Å². The molecule has 33 heavy (non-hydrogen) atoms. The fraction of sp³-hybridized carbons (Fsp3) is 0.370. The summed E-state index contributed by atoms with van der Waals surface area (Å²) in [4.78, 5) is 27.3. The van der Waals surface area contributed by atoms with Gasteiger partial charge in [-0.3, -0.25) is 14.5 Å². The van der Waals surface area contributed by atoms with Crippen LogP contribution in [0.25, 0.3) is 6.08 Å². The average Bonchev–Trinajstić information content (AvgIpc) is 3.02. The van der Waals surface area contributed by atoms with Crippen molar-refractivity contribution >= 4 is 51.9 Å². The van der Waals surface area contributed by atoms with Gasteiger partial charge in [-0.2, -0.15) is 0 Å². The van der Waals surface area contributed by atoms with Crippen molar-refractivity contribution in [2.75, 3.05) is 11.9 Å². The highest BCUT2D eigenvalue weighted by Gasteiger charge is 2.31. The van der Waals surface area contributed by atoms with Crippen LogP contribution in [-0.2, 0) is 15.0 Å². The van der Waals surface area contributed by atoms with Crippen molar-refractivity contribution < 1.29 is 9.59 Å². The van der Waals surface area contributed by atoms with Crippen molar-refractivity contribution in [2.24, 2.45) is 0 Å². The summed E-state index contributed by atoms with van der Waals surface area (Å²) in [5, 5.41) is 2.92. The number of thiocarbonyl (C=S) groups is 1. The molecular formula is C27H32N2O2S2. The lowest BCUT2D eigenvalue weighted by Crippen LogP contribution is -2.29. The van der Waals surface area contributed by atoms with E-state index in [4.69, 9.17) is 12.2 Å². The minimum atomic E-state index is -0.0259.